The van der Waals surface area contributed by atoms with Gasteiger partial charge in [-0.3, -0.25) is 9.69 Å². The Balaban J connectivity index is 1.49. The molecular formula is C20H30N6O. The normalized spacial score (nSPS) is 15.4. The Hall–Kier alpha value is -2.41. The Morgan fingerprint density at radius 1 is 1.22 bits per heavy atom. The van der Waals surface area contributed by atoms with E-state index in [1.165, 1.54) is 11.3 Å². The first-order valence-electron chi connectivity index (χ1n) is 9.60. The molecular weight excluding hydrogens is 340 g/mol. The van der Waals surface area contributed by atoms with Gasteiger partial charge in [0.15, 0.2) is 5.82 Å². The number of aromatic nitrogens is 3. The number of nitrogens with zero attached hydrogens (tertiary/aromatic N) is 6. The van der Waals surface area contributed by atoms with Gasteiger partial charge in [0.2, 0.25) is 5.91 Å². The van der Waals surface area contributed by atoms with E-state index in [0.717, 1.165) is 32.0 Å². The minimum absolute atomic E-state index is 0.123. The number of aryl methyl sites for hydroxylation is 1. The highest BCUT2D eigenvalue weighted by Gasteiger charge is 2.21. The molecule has 7 nitrogen and oxygen atoms in total. The number of hydrogen-bond acceptors (Lipinski definition) is 5. The molecule has 1 aliphatic rings. The highest BCUT2D eigenvalue weighted by Crippen LogP contribution is 2.18. The van der Waals surface area contributed by atoms with Crippen molar-refractivity contribution >= 4 is 11.6 Å². The van der Waals surface area contributed by atoms with Crippen LogP contribution in [0.25, 0.3) is 0 Å². The highest BCUT2D eigenvalue weighted by molar-refractivity contribution is 5.78. The first kappa shape index (κ1) is 19.4. The van der Waals surface area contributed by atoms with E-state index in [0.29, 0.717) is 13.1 Å². The monoisotopic (exact) mass is 370 g/mol. The molecule has 1 aromatic heterocycles. The number of benzene rings is 1. The number of anilines is 1. The van der Waals surface area contributed by atoms with Gasteiger partial charge >= 0.3 is 0 Å². The summed E-state index contributed by atoms with van der Waals surface area (Å²) in [7, 11) is 1.84. The van der Waals surface area contributed by atoms with E-state index < -0.39 is 0 Å². The van der Waals surface area contributed by atoms with Gasteiger partial charge in [0, 0.05) is 45.0 Å². The molecule has 27 heavy (non-hydrogen) atoms. The molecule has 0 bridgehead atoms. The molecule has 146 valence electrons. The molecule has 1 amide bonds. The zero-order valence-electron chi connectivity index (χ0n) is 16.8. The smallest absolute Gasteiger partial charge is 0.236 e. The fourth-order valence-electron chi connectivity index (χ4n) is 3.41. The van der Waals surface area contributed by atoms with E-state index in [-0.39, 0.29) is 11.9 Å². The van der Waals surface area contributed by atoms with Gasteiger partial charge in [-0.1, -0.05) is 12.1 Å². The van der Waals surface area contributed by atoms with Gasteiger partial charge in [-0.25, -0.2) is 0 Å². The number of carbonyl (C=O) groups is 1. The Labute approximate surface area is 161 Å². The quantitative estimate of drug-likeness (QED) is 0.778. The summed E-state index contributed by atoms with van der Waals surface area (Å²) in [5.41, 5.74) is 2.55. The zero-order valence-corrected chi connectivity index (χ0v) is 16.8. The van der Waals surface area contributed by atoms with Crippen LogP contribution in [-0.2, 0) is 11.3 Å². The molecule has 7 heteroatoms. The van der Waals surface area contributed by atoms with Crippen LogP contribution in [0.3, 0.4) is 0 Å². The molecule has 2 aromatic rings. The predicted molar refractivity (Wildman–Crippen MR) is 107 cm³/mol. The van der Waals surface area contributed by atoms with E-state index in [1.807, 2.05) is 11.6 Å². The van der Waals surface area contributed by atoms with Gasteiger partial charge < -0.3 is 14.4 Å². The lowest BCUT2D eigenvalue weighted by atomic mass is 10.2. The van der Waals surface area contributed by atoms with Crippen molar-refractivity contribution in [2.75, 3.05) is 44.7 Å². The second-order valence-corrected chi connectivity index (χ2v) is 7.60. The number of carbonyl (C=O) groups excluding carboxylic acids is 1. The van der Waals surface area contributed by atoms with Crippen molar-refractivity contribution in [2.45, 2.75) is 33.4 Å². The van der Waals surface area contributed by atoms with Gasteiger partial charge in [-0.2, -0.15) is 0 Å². The second kappa shape index (κ2) is 8.52. The largest absolute Gasteiger partial charge is 0.369 e. The molecule has 1 aromatic carbocycles. The lowest BCUT2D eigenvalue weighted by Gasteiger charge is -2.36. The standard InChI is InChI=1S/C20H30N6O/c1-16(2)26-15-21-22-19(26)13-23(4)20(27)14-24-8-10-25(11-9-24)18-7-5-6-17(3)12-18/h5-7,12,15-16H,8-11,13-14H2,1-4H3. The first-order valence-corrected chi connectivity index (χ1v) is 9.60. The maximum atomic E-state index is 12.6. The molecule has 1 aliphatic heterocycles. The average molecular weight is 371 g/mol. The summed E-state index contributed by atoms with van der Waals surface area (Å²) in [5.74, 6) is 0.947. The molecule has 1 fully saturated rings. The number of rotatable bonds is 6. The van der Waals surface area contributed by atoms with Gasteiger partial charge in [0.1, 0.15) is 6.33 Å². The minimum atomic E-state index is 0.123. The van der Waals surface area contributed by atoms with Gasteiger partial charge in [-0.15, -0.1) is 10.2 Å². The Morgan fingerprint density at radius 2 is 1.96 bits per heavy atom. The zero-order chi connectivity index (χ0) is 19.4. The lowest BCUT2D eigenvalue weighted by Crippen LogP contribution is -2.49. The summed E-state index contributed by atoms with van der Waals surface area (Å²) < 4.78 is 2.00. The summed E-state index contributed by atoms with van der Waals surface area (Å²) in [6, 6.07) is 8.89. The summed E-state index contributed by atoms with van der Waals surface area (Å²) in [5, 5.41) is 8.13. The highest BCUT2D eigenvalue weighted by atomic mass is 16.2. The predicted octanol–water partition coefficient (Wildman–Crippen LogP) is 1.95. The molecule has 0 N–H and O–H groups in total. The summed E-state index contributed by atoms with van der Waals surface area (Å²) >= 11 is 0. The Morgan fingerprint density at radius 3 is 2.63 bits per heavy atom. The van der Waals surface area contributed by atoms with E-state index in [4.69, 9.17) is 0 Å². The topological polar surface area (TPSA) is 57.5 Å². The van der Waals surface area contributed by atoms with Gasteiger partial charge in [0.05, 0.1) is 13.1 Å². The van der Waals surface area contributed by atoms with Gasteiger partial charge in [0.25, 0.3) is 0 Å². The van der Waals surface area contributed by atoms with Crippen LogP contribution in [0.5, 0.6) is 0 Å². The molecule has 0 aliphatic carbocycles. The van der Waals surface area contributed by atoms with Crippen LogP contribution in [0.4, 0.5) is 5.69 Å². The summed E-state index contributed by atoms with van der Waals surface area (Å²) in [6.45, 7) is 10.9. The van der Waals surface area contributed by atoms with Crippen LogP contribution in [0.2, 0.25) is 0 Å². The number of likely N-dealkylation sites (N-methyl/N-ethyl adjacent to an activating group) is 1. The lowest BCUT2D eigenvalue weighted by molar-refractivity contribution is -0.131. The Kier molecular flexibility index (Phi) is 6.11. The molecule has 0 radical (unpaired) electrons. The van der Waals surface area contributed by atoms with Crippen LogP contribution in [0.1, 0.15) is 31.3 Å². The Bertz CT molecular complexity index is 763. The molecule has 0 atom stereocenters. The van der Waals surface area contributed by atoms with Crippen molar-refractivity contribution < 1.29 is 4.79 Å². The third kappa shape index (κ3) is 4.86. The number of hydrogen-bond donors (Lipinski definition) is 0. The molecule has 3 rings (SSSR count). The van der Waals surface area contributed by atoms with Gasteiger partial charge in [-0.05, 0) is 38.5 Å². The maximum Gasteiger partial charge on any atom is 0.236 e. The van der Waals surface area contributed by atoms with E-state index in [1.54, 1.807) is 11.2 Å². The molecule has 2 heterocycles. The average Bonchev–Trinajstić information content (AvgIpc) is 3.10. The summed E-state index contributed by atoms with van der Waals surface area (Å²) in [4.78, 5) is 19.0. The van der Waals surface area contributed by atoms with Crippen LogP contribution >= 0.6 is 0 Å². The maximum absolute atomic E-state index is 12.6. The second-order valence-electron chi connectivity index (χ2n) is 7.60. The van der Waals surface area contributed by atoms with Crippen LogP contribution in [-0.4, -0.2) is 70.2 Å². The summed E-state index contributed by atoms with van der Waals surface area (Å²) in [6.07, 6.45) is 1.73. The molecule has 1 saturated heterocycles. The fraction of sp³-hybridized carbons (Fsp3) is 0.550. The van der Waals surface area contributed by atoms with Crippen molar-refractivity contribution in [3.8, 4) is 0 Å². The SMILES string of the molecule is Cc1cccc(N2CCN(CC(=O)N(C)Cc3nncn3C(C)C)CC2)c1. The van der Waals surface area contributed by atoms with Crippen molar-refractivity contribution in [3.63, 3.8) is 0 Å². The first-order chi connectivity index (χ1) is 12.9. The van der Waals surface area contributed by atoms with Crippen molar-refractivity contribution in [1.29, 1.82) is 0 Å². The van der Waals surface area contributed by atoms with E-state index >= 15 is 0 Å². The van der Waals surface area contributed by atoms with Crippen molar-refractivity contribution in [2.24, 2.45) is 0 Å². The third-order valence-electron chi connectivity index (χ3n) is 5.11. The van der Waals surface area contributed by atoms with E-state index in [2.05, 4.69) is 65.0 Å². The third-order valence-corrected chi connectivity index (χ3v) is 5.11. The van der Waals surface area contributed by atoms with E-state index in [9.17, 15) is 4.79 Å². The number of amides is 1. The minimum Gasteiger partial charge on any atom is -0.369 e. The van der Waals surface area contributed by atoms with Crippen molar-refractivity contribution in [1.82, 2.24) is 24.6 Å². The van der Waals surface area contributed by atoms with Crippen LogP contribution in [0, 0.1) is 6.92 Å². The molecule has 0 unspecified atom stereocenters. The van der Waals surface area contributed by atoms with Crippen molar-refractivity contribution in [3.05, 3.63) is 42.0 Å². The molecule has 0 saturated carbocycles. The van der Waals surface area contributed by atoms with Crippen LogP contribution < -0.4 is 4.90 Å². The molecule has 0 spiro atoms. The number of piperazine rings is 1. The van der Waals surface area contributed by atoms with Crippen LogP contribution in [0.15, 0.2) is 30.6 Å². The fourth-order valence-corrected chi connectivity index (χ4v) is 3.41.